The Bertz CT molecular complexity index is 824. The molecule has 9 heteroatoms. The molecule has 3 rings (SSSR count). The van der Waals surface area contributed by atoms with Crippen LogP contribution >= 0.6 is 11.3 Å². The molecule has 0 N–H and O–H groups in total. The third-order valence-corrected chi connectivity index (χ3v) is 6.35. The van der Waals surface area contributed by atoms with Gasteiger partial charge in [-0.3, -0.25) is 4.90 Å². The van der Waals surface area contributed by atoms with Crippen LogP contribution in [-0.2, 0) is 23.2 Å². The highest BCUT2D eigenvalue weighted by Gasteiger charge is 2.21. The molecule has 1 fully saturated rings. The smallest absolute Gasteiger partial charge is 0.211 e. The number of aromatic nitrogens is 1. The van der Waals surface area contributed by atoms with Crippen molar-refractivity contribution < 1.29 is 17.5 Å². The quantitative estimate of drug-likeness (QED) is 0.746. The van der Waals surface area contributed by atoms with Gasteiger partial charge in [-0.15, -0.1) is 11.3 Å². The van der Waals surface area contributed by atoms with Crippen LogP contribution in [0.2, 0.25) is 0 Å². The zero-order chi connectivity index (χ0) is 18.6. The maximum absolute atomic E-state index is 12.9. The molecule has 0 atom stereocenters. The van der Waals surface area contributed by atoms with Gasteiger partial charge in [-0.25, -0.2) is 22.1 Å². The van der Waals surface area contributed by atoms with Gasteiger partial charge in [0.25, 0.3) is 0 Å². The lowest BCUT2D eigenvalue weighted by atomic mass is 10.3. The van der Waals surface area contributed by atoms with Gasteiger partial charge < -0.3 is 4.74 Å². The van der Waals surface area contributed by atoms with Crippen LogP contribution in [0.1, 0.15) is 17.1 Å². The molecule has 0 spiro atoms. The lowest BCUT2D eigenvalue weighted by Crippen LogP contribution is -2.34. The molecule has 0 aliphatic carbocycles. The minimum Gasteiger partial charge on any atom is -0.486 e. The van der Waals surface area contributed by atoms with Crippen LogP contribution < -0.4 is 4.74 Å². The van der Waals surface area contributed by atoms with Crippen molar-refractivity contribution in [3.63, 3.8) is 0 Å². The van der Waals surface area contributed by atoms with E-state index in [4.69, 9.17) is 4.74 Å². The highest BCUT2D eigenvalue weighted by molar-refractivity contribution is 7.88. The fourth-order valence-corrected chi connectivity index (χ4v) is 4.40. The second kappa shape index (κ2) is 8.43. The number of rotatable bonds is 6. The molecule has 2 aromatic rings. The van der Waals surface area contributed by atoms with Gasteiger partial charge in [0, 0.05) is 31.6 Å². The number of hydrogen-bond acceptors (Lipinski definition) is 6. The molecule has 1 aliphatic rings. The van der Waals surface area contributed by atoms with Gasteiger partial charge in [-0.05, 0) is 37.2 Å². The predicted molar refractivity (Wildman–Crippen MR) is 99.2 cm³/mol. The Hall–Kier alpha value is -1.55. The Kier molecular flexibility index (Phi) is 6.23. The first-order chi connectivity index (χ1) is 12.4. The average Bonchev–Trinajstić information content (AvgIpc) is 2.89. The van der Waals surface area contributed by atoms with E-state index < -0.39 is 10.0 Å². The summed E-state index contributed by atoms with van der Waals surface area (Å²) in [4.78, 5) is 6.81. The van der Waals surface area contributed by atoms with Gasteiger partial charge in [0.15, 0.2) is 0 Å². The van der Waals surface area contributed by atoms with Crippen molar-refractivity contribution in [2.75, 3.05) is 32.4 Å². The Morgan fingerprint density at radius 3 is 2.69 bits per heavy atom. The normalized spacial score (nSPS) is 17.2. The summed E-state index contributed by atoms with van der Waals surface area (Å²) in [6.07, 6.45) is 2.08. The molecule has 6 nitrogen and oxygen atoms in total. The number of nitrogens with zero attached hydrogens (tertiary/aromatic N) is 3. The Labute approximate surface area is 157 Å². The van der Waals surface area contributed by atoms with E-state index in [-0.39, 0.29) is 5.82 Å². The number of hydrogen-bond donors (Lipinski definition) is 0. The van der Waals surface area contributed by atoms with Crippen LogP contribution in [0.25, 0.3) is 0 Å². The molecule has 0 amide bonds. The highest BCUT2D eigenvalue weighted by Crippen LogP contribution is 2.17. The topological polar surface area (TPSA) is 62.7 Å². The second-order valence-electron chi connectivity index (χ2n) is 6.27. The number of benzene rings is 1. The maximum atomic E-state index is 12.9. The van der Waals surface area contributed by atoms with Crippen LogP contribution in [0.3, 0.4) is 0 Å². The van der Waals surface area contributed by atoms with Crippen molar-refractivity contribution in [1.29, 1.82) is 0 Å². The average molecular weight is 400 g/mol. The van der Waals surface area contributed by atoms with Crippen LogP contribution in [0.4, 0.5) is 4.39 Å². The Balaban J connectivity index is 1.51. The molecular formula is C17H22FN3O3S2. The van der Waals surface area contributed by atoms with E-state index in [9.17, 15) is 12.8 Å². The summed E-state index contributed by atoms with van der Waals surface area (Å²) in [6.45, 7) is 3.69. The van der Waals surface area contributed by atoms with Crippen molar-refractivity contribution in [1.82, 2.24) is 14.2 Å². The van der Waals surface area contributed by atoms with E-state index in [1.54, 1.807) is 12.1 Å². The van der Waals surface area contributed by atoms with E-state index >= 15 is 0 Å². The summed E-state index contributed by atoms with van der Waals surface area (Å²) in [7, 11) is -3.12. The summed E-state index contributed by atoms with van der Waals surface area (Å²) in [5, 5.41) is 2.86. The maximum Gasteiger partial charge on any atom is 0.211 e. The summed E-state index contributed by atoms with van der Waals surface area (Å²) in [6, 6.07) is 5.91. The van der Waals surface area contributed by atoms with E-state index in [1.165, 1.54) is 34.0 Å². The van der Waals surface area contributed by atoms with Crippen molar-refractivity contribution in [2.45, 2.75) is 19.6 Å². The minimum atomic E-state index is -3.12. The summed E-state index contributed by atoms with van der Waals surface area (Å²) >= 11 is 1.53. The molecule has 0 bridgehead atoms. The van der Waals surface area contributed by atoms with Crippen molar-refractivity contribution in [3.8, 4) is 5.75 Å². The van der Waals surface area contributed by atoms with Crippen molar-refractivity contribution >= 4 is 21.4 Å². The number of ether oxygens (including phenoxy) is 1. The lowest BCUT2D eigenvalue weighted by molar-refractivity contribution is 0.274. The van der Waals surface area contributed by atoms with Gasteiger partial charge in [-0.2, -0.15) is 0 Å². The monoisotopic (exact) mass is 399 g/mol. The van der Waals surface area contributed by atoms with E-state index in [2.05, 4.69) is 9.88 Å². The highest BCUT2D eigenvalue weighted by atomic mass is 32.2. The van der Waals surface area contributed by atoms with Crippen LogP contribution in [-0.4, -0.2) is 55.0 Å². The van der Waals surface area contributed by atoms with E-state index in [0.29, 0.717) is 38.5 Å². The molecule has 1 aromatic carbocycles. The van der Waals surface area contributed by atoms with Gasteiger partial charge in [0.2, 0.25) is 10.0 Å². The van der Waals surface area contributed by atoms with Crippen molar-refractivity contribution in [2.24, 2.45) is 0 Å². The fourth-order valence-electron chi connectivity index (χ4n) is 2.83. The van der Waals surface area contributed by atoms with Gasteiger partial charge in [0.1, 0.15) is 23.2 Å². The molecular weight excluding hydrogens is 377 g/mol. The van der Waals surface area contributed by atoms with Crippen LogP contribution in [0, 0.1) is 5.82 Å². The second-order valence-corrected chi connectivity index (χ2v) is 9.19. The first kappa shape index (κ1) is 19.2. The zero-order valence-corrected chi connectivity index (χ0v) is 16.2. The molecule has 26 heavy (non-hydrogen) atoms. The van der Waals surface area contributed by atoms with Crippen LogP contribution in [0.5, 0.6) is 5.75 Å². The first-order valence-electron chi connectivity index (χ1n) is 8.39. The lowest BCUT2D eigenvalue weighted by Gasteiger charge is -2.19. The summed E-state index contributed by atoms with van der Waals surface area (Å²) < 4.78 is 43.4. The van der Waals surface area contributed by atoms with Crippen molar-refractivity contribution in [3.05, 3.63) is 46.2 Å². The number of sulfonamides is 1. The summed E-state index contributed by atoms with van der Waals surface area (Å²) in [5.41, 5.74) is 0.959. The molecule has 1 aromatic heterocycles. The molecule has 0 unspecified atom stereocenters. The van der Waals surface area contributed by atoms with Gasteiger partial charge in [0.05, 0.1) is 11.9 Å². The van der Waals surface area contributed by atoms with E-state index in [0.717, 1.165) is 23.7 Å². The SMILES string of the molecule is CS(=O)(=O)N1CCCN(Cc2csc(COc3ccc(F)cc3)n2)CC1. The number of halogens is 1. The molecule has 0 radical (unpaired) electrons. The predicted octanol–water partition coefficient (Wildman–Crippen LogP) is 2.33. The van der Waals surface area contributed by atoms with Crippen LogP contribution in [0.15, 0.2) is 29.6 Å². The molecule has 2 heterocycles. The number of thiazole rings is 1. The first-order valence-corrected chi connectivity index (χ1v) is 11.1. The summed E-state index contributed by atoms with van der Waals surface area (Å²) in [5.74, 6) is 0.317. The molecule has 1 aliphatic heterocycles. The van der Waals surface area contributed by atoms with Gasteiger partial charge >= 0.3 is 0 Å². The third-order valence-electron chi connectivity index (χ3n) is 4.18. The minimum absolute atomic E-state index is 0.291. The fraction of sp³-hybridized carbons (Fsp3) is 0.471. The Morgan fingerprint density at radius 2 is 1.96 bits per heavy atom. The van der Waals surface area contributed by atoms with E-state index in [1.807, 2.05) is 5.38 Å². The molecule has 0 saturated carbocycles. The molecule has 142 valence electrons. The van der Waals surface area contributed by atoms with Gasteiger partial charge in [-0.1, -0.05) is 0 Å². The Morgan fingerprint density at radius 1 is 1.19 bits per heavy atom. The third kappa shape index (κ3) is 5.47. The zero-order valence-electron chi connectivity index (χ0n) is 14.6. The standard InChI is InChI=1S/C17H22FN3O3S2/c1-26(22,23)21-8-2-7-20(9-10-21)11-15-13-25-17(19-15)12-24-16-5-3-14(18)4-6-16/h3-6,13H,2,7-12H2,1H3. The largest absolute Gasteiger partial charge is 0.486 e. The molecule has 1 saturated heterocycles.